The molecule has 4 N–H and O–H groups in total. The van der Waals surface area contributed by atoms with Gasteiger partial charge in [0, 0.05) is 12.6 Å². The van der Waals surface area contributed by atoms with Crippen LogP contribution in [0.4, 0.5) is 0 Å². The van der Waals surface area contributed by atoms with E-state index in [1.165, 1.54) is 19.3 Å². The maximum absolute atomic E-state index is 5.48. The zero-order chi connectivity index (χ0) is 12.0. The van der Waals surface area contributed by atoms with Crippen LogP contribution in [0.5, 0.6) is 0 Å². The van der Waals surface area contributed by atoms with Gasteiger partial charge in [0.05, 0.1) is 0 Å². The Balaban J connectivity index is 2.46. The third-order valence-corrected chi connectivity index (χ3v) is 3.49. The molecule has 16 heavy (non-hydrogen) atoms. The summed E-state index contributed by atoms with van der Waals surface area (Å²) in [5.41, 5.74) is 3.01. The Morgan fingerprint density at radius 1 is 1.50 bits per heavy atom. The van der Waals surface area contributed by atoms with Gasteiger partial charge in [-0.05, 0) is 24.7 Å². The van der Waals surface area contributed by atoms with Gasteiger partial charge in [-0.15, -0.1) is 0 Å². The number of nitrogens with two attached hydrogens (primary N) is 1. The van der Waals surface area contributed by atoms with Crippen LogP contribution in [0.1, 0.15) is 52.9 Å². The molecule has 4 heteroatoms. The third kappa shape index (κ3) is 3.67. The number of rotatable bonds is 4. The van der Waals surface area contributed by atoms with Crippen molar-refractivity contribution >= 4 is 5.96 Å². The van der Waals surface area contributed by atoms with E-state index in [1.54, 1.807) is 0 Å². The molecule has 1 rings (SSSR count). The van der Waals surface area contributed by atoms with Gasteiger partial charge < -0.3 is 5.32 Å². The lowest BCUT2D eigenvalue weighted by atomic mass is 9.87. The van der Waals surface area contributed by atoms with Crippen molar-refractivity contribution < 1.29 is 0 Å². The van der Waals surface area contributed by atoms with E-state index < -0.39 is 0 Å². The average Bonchev–Trinajstić information content (AvgIpc) is 2.57. The quantitative estimate of drug-likeness (QED) is 0.225. The fraction of sp³-hybridized carbons (Fsp3) is 0.917. The van der Waals surface area contributed by atoms with E-state index in [0.717, 1.165) is 25.3 Å². The second-order valence-electron chi connectivity index (χ2n) is 5.31. The number of nitrogens with one attached hydrogen (secondary N) is 2. The summed E-state index contributed by atoms with van der Waals surface area (Å²) in [4.78, 5) is 4.43. The molecule has 1 unspecified atom stereocenters. The molecule has 0 bridgehead atoms. The lowest BCUT2D eigenvalue weighted by molar-refractivity contribution is 0.309. The molecule has 0 amide bonds. The number of aliphatic imine (C=N–C) groups is 1. The predicted molar refractivity (Wildman–Crippen MR) is 69.1 cm³/mol. The molecule has 0 spiro atoms. The largest absolute Gasteiger partial charge is 0.352 e. The van der Waals surface area contributed by atoms with Crippen LogP contribution >= 0.6 is 0 Å². The van der Waals surface area contributed by atoms with Gasteiger partial charge in [0.25, 0.3) is 0 Å². The van der Waals surface area contributed by atoms with E-state index in [-0.39, 0.29) is 0 Å². The fourth-order valence-electron chi connectivity index (χ4n) is 2.24. The van der Waals surface area contributed by atoms with Crippen LogP contribution in [0.15, 0.2) is 4.99 Å². The van der Waals surface area contributed by atoms with Crippen LogP contribution < -0.4 is 16.6 Å². The molecule has 0 aromatic heterocycles. The first-order chi connectivity index (χ1) is 7.60. The van der Waals surface area contributed by atoms with Gasteiger partial charge in [0.15, 0.2) is 0 Å². The average molecular weight is 226 g/mol. The van der Waals surface area contributed by atoms with Gasteiger partial charge in [0.1, 0.15) is 0 Å². The van der Waals surface area contributed by atoms with Crippen LogP contribution in [0.2, 0.25) is 0 Å². The summed E-state index contributed by atoms with van der Waals surface area (Å²) < 4.78 is 0. The predicted octanol–water partition coefficient (Wildman–Crippen LogP) is 1.77. The molecule has 1 aliphatic rings. The molecular formula is C12H26N4. The molecule has 0 aliphatic heterocycles. The first-order valence-corrected chi connectivity index (χ1v) is 6.37. The first-order valence-electron chi connectivity index (χ1n) is 6.37. The molecule has 0 radical (unpaired) electrons. The van der Waals surface area contributed by atoms with Crippen molar-refractivity contribution in [2.75, 3.05) is 6.54 Å². The van der Waals surface area contributed by atoms with E-state index in [0.29, 0.717) is 11.5 Å². The number of hydrogen-bond donors (Lipinski definition) is 3. The van der Waals surface area contributed by atoms with Gasteiger partial charge in [0.2, 0.25) is 5.96 Å². The molecule has 0 aromatic carbocycles. The molecule has 1 aliphatic carbocycles. The Hall–Kier alpha value is -0.770. The molecular weight excluding hydrogens is 200 g/mol. The van der Waals surface area contributed by atoms with Crippen LogP contribution in [0, 0.1) is 5.41 Å². The normalized spacial score (nSPS) is 24.5. The van der Waals surface area contributed by atoms with Gasteiger partial charge in [-0.3, -0.25) is 10.4 Å². The molecule has 94 valence electrons. The van der Waals surface area contributed by atoms with Crippen molar-refractivity contribution in [3.8, 4) is 0 Å². The van der Waals surface area contributed by atoms with Crippen molar-refractivity contribution in [3.05, 3.63) is 0 Å². The molecule has 0 heterocycles. The minimum absolute atomic E-state index is 0.350. The van der Waals surface area contributed by atoms with Crippen LogP contribution in [-0.4, -0.2) is 18.5 Å². The lowest BCUT2D eigenvalue weighted by Gasteiger charge is -2.28. The van der Waals surface area contributed by atoms with Gasteiger partial charge >= 0.3 is 0 Å². The third-order valence-electron chi connectivity index (χ3n) is 3.49. The zero-order valence-electron chi connectivity index (χ0n) is 10.8. The maximum atomic E-state index is 5.48. The topological polar surface area (TPSA) is 62.4 Å². The molecule has 0 saturated heterocycles. The highest BCUT2D eigenvalue weighted by atomic mass is 15.3. The van der Waals surface area contributed by atoms with Crippen LogP contribution in [0.3, 0.4) is 0 Å². The molecule has 1 saturated carbocycles. The summed E-state index contributed by atoms with van der Waals surface area (Å²) in [6.07, 6.45) is 6.05. The summed E-state index contributed by atoms with van der Waals surface area (Å²) in [6, 6.07) is 0.490. The summed E-state index contributed by atoms with van der Waals surface area (Å²) in [5, 5.41) is 3.43. The summed E-state index contributed by atoms with van der Waals surface area (Å²) in [5.74, 6) is 6.22. The fourth-order valence-corrected chi connectivity index (χ4v) is 2.24. The standard InChI is InChI=1S/C12H26N4/c1-4-5-9-14-11(16-13)15-10-7-6-8-12(10,2)3/h10H,4-9,13H2,1-3H3,(H2,14,15,16). The summed E-state index contributed by atoms with van der Waals surface area (Å²) >= 11 is 0. The Kier molecular flexibility index (Phi) is 5.06. The molecule has 1 atom stereocenters. The summed E-state index contributed by atoms with van der Waals surface area (Å²) in [7, 11) is 0. The van der Waals surface area contributed by atoms with Gasteiger partial charge in [-0.25, -0.2) is 5.84 Å². The highest BCUT2D eigenvalue weighted by Gasteiger charge is 2.34. The van der Waals surface area contributed by atoms with E-state index in [4.69, 9.17) is 5.84 Å². The van der Waals surface area contributed by atoms with Gasteiger partial charge in [-0.1, -0.05) is 33.6 Å². The van der Waals surface area contributed by atoms with Crippen LogP contribution in [-0.2, 0) is 0 Å². The monoisotopic (exact) mass is 226 g/mol. The Labute approximate surface area is 99.1 Å². The SMILES string of the molecule is CCCCN=C(NN)NC1CCCC1(C)C. The number of hydrogen-bond acceptors (Lipinski definition) is 2. The second kappa shape index (κ2) is 6.09. The van der Waals surface area contributed by atoms with Crippen molar-refractivity contribution in [1.82, 2.24) is 10.7 Å². The molecule has 0 aromatic rings. The Bertz CT molecular complexity index is 235. The smallest absolute Gasteiger partial charge is 0.205 e. The Morgan fingerprint density at radius 2 is 2.25 bits per heavy atom. The molecule has 4 nitrogen and oxygen atoms in total. The number of guanidine groups is 1. The minimum Gasteiger partial charge on any atom is -0.352 e. The first kappa shape index (κ1) is 13.3. The highest BCUT2D eigenvalue weighted by Crippen LogP contribution is 2.36. The minimum atomic E-state index is 0.350. The van der Waals surface area contributed by atoms with E-state index >= 15 is 0 Å². The number of hydrazine groups is 1. The van der Waals surface area contributed by atoms with Crippen molar-refractivity contribution in [2.24, 2.45) is 16.3 Å². The second-order valence-corrected chi connectivity index (χ2v) is 5.31. The summed E-state index contributed by atoms with van der Waals surface area (Å²) in [6.45, 7) is 7.62. The van der Waals surface area contributed by atoms with E-state index in [2.05, 4.69) is 36.5 Å². The van der Waals surface area contributed by atoms with E-state index in [9.17, 15) is 0 Å². The maximum Gasteiger partial charge on any atom is 0.205 e. The van der Waals surface area contributed by atoms with Gasteiger partial charge in [-0.2, -0.15) is 0 Å². The van der Waals surface area contributed by atoms with Crippen molar-refractivity contribution in [2.45, 2.75) is 58.9 Å². The number of unbranched alkanes of at least 4 members (excludes halogenated alkanes) is 1. The Morgan fingerprint density at radius 3 is 2.75 bits per heavy atom. The molecule has 1 fully saturated rings. The van der Waals surface area contributed by atoms with Crippen molar-refractivity contribution in [3.63, 3.8) is 0 Å². The van der Waals surface area contributed by atoms with Crippen LogP contribution in [0.25, 0.3) is 0 Å². The lowest BCUT2D eigenvalue weighted by Crippen LogP contribution is -2.49. The van der Waals surface area contributed by atoms with Crippen molar-refractivity contribution in [1.29, 1.82) is 0 Å². The van der Waals surface area contributed by atoms with E-state index in [1.807, 2.05) is 0 Å². The number of nitrogens with zero attached hydrogens (tertiary/aromatic N) is 1. The highest BCUT2D eigenvalue weighted by molar-refractivity contribution is 5.79. The zero-order valence-corrected chi connectivity index (χ0v) is 10.8.